The Bertz CT molecular complexity index is 668. The zero-order valence-electron chi connectivity index (χ0n) is 9.37. The summed E-state index contributed by atoms with van der Waals surface area (Å²) in [6, 6.07) is 11.9. The minimum atomic E-state index is 0.739. The van der Waals surface area contributed by atoms with Crippen molar-refractivity contribution < 1.29 is 0 Å². The van der Waals surface area contributed by atoms with Crippen LogP contribution in [0.3, 0.4) is 0 Å². The Kier molecular flexibility index (Phi) is 2.37. The second-order valence-electron chi connectivity index (χ2n) is 4.08. The van der Waals surface area contributed by atoms with Gasteiger partial charge in [-0.3, -0.25) is 4.98 Å². The number of rotatable bonds is 1. The first-order valence-corrected chi connectivity index (χ1v) is 5.82. The van der Waals surface area contributed by atoms with Crippen molar-refractivity contribution in [3.63, 3.8) is 0 Å². The van der Waals surface area contributed by atoms with E-state index in [0.717, 1.165) is 27.5 Å². The number of aromatic nitrogens is 2. The molecular weight excluding hydrogens is 232 g/mol. The van der Waals surface area contributed by atoms with E-state index in [1.54, 1.807) is 0 Å². The molecule has 3 heteroatoms. The molecule has 0 spiro atoms. The van der Waals surface area contributed by atoms with E-state index < -0.39 is 0 Å². The van der Waals surface area contributed by atoms with Gasteiger partial charge in [0.25, 0.3) is 0 Å². The predicted molar refractivity (Wildman–Crippen MR) is 71.3 cm³/mol. The zero-order valence-corrected chi connectivity index (χ0v) is 10.1. The van der Waals surface area contributed by atoms with E-state index in [-0.39, 0.29) is 0 Å². The molecule has 0 bridgehead atoms. The molecule has 0 aliphatic heterocycles. The van der Waals surface area contributed by atoms with Gasteiger partial charge in [-0.2, -0.15) is 0 Å². The molecule has 2 nitrogen and oxygen atoms in total. The van der Waals surface area contributed by atoms with Gasteiger partial charge in [0.1, 0.15) is 0 Å². The van der Waals surface area contributed by atoms with Crippen molar-refractivity contribution in [2.24, 2.45) is 0 Å². The second kappa shape index (κ2) is 3.90. The van der Waals surface area contributed by atoms with Crippen LogP contribution < -0.4 is 0 Å². The number of halogens is 1. The summed E-state index contributed by atoms with van der Waals surface area (Å²) in [5.74, 6) is 0. The Balaban J connectivity index is 2.26. The Morgan fingerprint density at radius 2 is 1.88 bits per heavy atom. The van der Waals surface area contributed by atoms with E-state index in [9.17, 15) is 0 Å². The number of H-pyrrole nitrogens is 1. The van der Waals surface area contributed by atoms with Gasteiger partial charge in [0.2, 0.25) is 0 Å². The molecular formula is C14H11ClN2. The molecule has 0 radical (unpaired) electrons. The smallest absolute Gasteiger partial charge is 0.0942 e. The van der Waals surface area contributed by atoms with Crippen molar-refractivity contribution in [1.82, 2.24) is 9.97 Å². The third-order valence-electron chi connectivity index (χ3n) is 2.80. The molecule has 1 aromatic carbocycles. The van der Waals surface area contributed by atoms with Crippen molar-refractivity contribution in [2.45, 2.75) is 6.92 Å². The highest BCUT2D eigenvalue weighted by atomic mass is 35.5. The lowest BCUT2D eigenvalue weighted by atomic mass is 10.1. The summed E-state index contributed by atoms with van der Waals surface area (Å²) in [5.41, 5.74) is 4.25. The maximum atomic E-state index is 5.89. The molecule has 0 saturated heterocycles. The second-order valence-corrected chi connectivity index (χ2v) is 4.52. The molecule has 0 amide bonds. The number of hydrogen-bond acceptors (Lipinski definition) is 1. The van der Waals surface area contributed by atoms with E-state index in [0.29, 0.717) is 0 Å². The van der Waals surface area contributed by atoms with E-state index in [1.165, 1.54) is 5.39 Å². The third kappa shape index (κ3) is 1.81. The van der Waals surface area contributed by atoms with Crippen LogP contribution in [0.5, 0.6) is 0 Å². The summed E-state index contributed by atoms with van der Waals surface area (Å²) in [6.07, 6.45) is 1.83. The number of benzene rings is 1. The van der Waals surface area contributed by atoms with Crippen LogP contribution in [0.15, 0.2) is 42.6 Å². The number of nitrogens with one attached hydrogen (secondary N) is 1. The van der Waals surface area contributed by atoms with Crippen LogP contribution in [0.2, 0.25) is 5.02 Å². The molecule has 84 valence electrons. The van der Waals surface area contributed by atoms with Gasteiger partial charge in [-0.25, -0.2) is 0 Å². The maximum Gasteiger partial charge on any atom is 0.0942 e. The number of hydrogen-bond donors (Lipinski definition) is 1. The summed E-state index contributed by atoms with van der Waals surface area (Å²) in [7, 11) is 0. The van der Waals surface area contributed by atoms with E-state index in [2.05, 4.69) is 16.0 Å². The van der Waals surface area contributed by atoms with Gasteiger partial charge in [0.15, 0.2) is 0 Å². The van der Waals surface area contributed by atoms with Crippen molar-refractivity contribution in [1.29, 1.82) is 0 Å². The quantitative estimate of drug-likeness (QED) is 0.681. The highest BCUT2D eigenvalue weighted by Gasteiger charge is 2.07. The molecule has 0 atom stereocenters. The van der Waals surface area contributed by atoms with Crippen LogP contribution in [0.1, 0.15) is 5.69 Å². The SMILES string of the molecule is Cc1cc2ccnc(-c3ccc(Cl)cc3)c2[nH]1. The number of nitrogens with zero attached hydrogens (tertiary/aromatic N) is 1. The number of aryl methyl sites for hydroxylation is 1. The largest absolute Gasteiger partial charge is 0.357 e. The minimum absolute atomic E-state index is 0.739. The van der Waals surface area contributed by atoms with Crippen molar-refractivity contribution in [3.05, 3.63) is 53.3 Å². The van der Waals surface area contributed by atoms with Crippen LogP contribution in [0.4, 0.5) is 0 Å². The van der Waals surface area contributed by atoms with Gasteiger partial charge >= 0.3 is 0 Å². The Morgan fingerprint density at radius 3 is 2.65 bits per heavy atom. The van der Waals surface area contributed by atoms with Crippen LogP contribution >= 0.6 is 11.6 Å². The van der Waals surface area contributed by atoms with Gasteiger partial charge in [0, 0.05) is 27.9 Å². The lowest BCUT2D eigenvalue weighted by Gasteiger charge is -2.02. The van der Waals surface area contributed by atoms with Gasteiger partial charge < -0.3 is 4.98 Å². The fourth-order valence-corrected chi connectivity index (χ4v) is 2.15. The minimum Gasteiger partial charge on any atom is -0.357 e. The van der Waals surface area contributed by atoms with Crippen LogP contribution in [0.25, 0.3) is 22.2 Å². The number of pyridine rings is 1. The zero-order chi connectivity index (χ0) is 11.8. The van der Waals surface area contributed by atoms with Gasteiger partial charge in [-0.15, -0.1) is 0 Å². The molecule has 0 fully saturated rings. The van der Waals surface area contributed by atoms with E-state index in [4.69, 9.17) is 11.6 Å². The summed E-state index contributed by atoms with van der Waals surface area (Å²) < 4.78 is 0. The lowest BCUT2D eigenvalue weighted by Crippen LogP contribution is -1.84. The first-order chi connectivity index (χ1) is 8.24. The average molecular weight is 243 g/mol. The van der Waals surface area contributed by atoms with Crippen LogP contribution in [0, 0.1) is 6.92 Å². The summed E-state index contributed by atoms with van der Waals surface area (Å²) in [5, 5.41) is 1.92. The fraction of sp³-hybridized carbons (Fsp3) is 0.0714. The van der Waals surface area contributed by atoms with Crippen molar-refractivity contribution in [2.75, 3.05) is 0 Å². The van der Waals surface area contributed by atoms with E-state index in [1.807, 2.05) is 43.5 Å². The Labute approximate surface area is 104 Å². The fourth-order valence-electron chi connectivity index (χ4n) is 2.02. The first kappa shape index (κ1) is 10.4. The number of aromatic amines is 1. The van der Waals surface area contributed by atoms with Gasteiger partial charge in [0.05, 0.1) is 11.2 Å². The summed E-state index contributed by atoms with van der Waals surface area (Å²) in [4.78, 5) is 7.79. The molecule has 0 saturated carbocycles. The monoisotopic (exact) mass is 242 g/mol. The molecule has 3 rings (SSSR count). The molecule has 2 aromatic heterocycles. The molecule has 3 aromatic rings. The van der Waals surface area contributed by atoms with Crippen molar-refractivity contribution in [3.8, 4) is 11.3 Å². The molecule has 17 heavy (non-hydrogen) atoms. The van der Waals surface area contributed by atoms with Crippen molar-refractivity contribution >= 4 is 22.5 Å². The third-order valence-corrected chi connectivity index (χ3v) is 3.05. The molecule has 1 N–H and O–H groups in total. The topological polar surface area (TPSA) is 28.7 Å². The number of fused-ring (bicyclic) bond motifs is 1. The Hall–Kier alpha value is -1.80. The highest BCUT2D eigenvalue weighted by Crippen LogP contribution is 2.27. The summed E-state index contributed by atoms with van der Waals surface area (Å²) in [6.45, 7) is 2.05. The average Bonchev–Trinajstić information content (AvgIpc) is 2.70. The van der Waals surface area contributed by atoms with Crippen LogP contribution in [-0.4, -0.2) is 9.97 Å². The standard InChI is InChI=1S/C14H11ClN2/c1-9-8-11-6-7-16-13(14(11)17-9)10-2-4-12(15)5-3-10/h2-8,17H,1H3. The molecule has 0 aliphatic carbocycles. The Morgan fingerprint density at radius 1 is 1.12 bits per heavy atom. The lowest BCUT2D eigenvalue weighted by molar-refractivity contribution is 1.28. The van der Waals surface area contributed by atoms with Gasteiger partial charge in [-0.1, -0.05) is 23.7 Å². The van der Waals surface area contributed by atoms with E-state index >= 15 is 0 Å². The summed E-state index contributed by atoms with van der Waals surface area (Å²) >= 11 is 5.89. The normalized spacial score (nSPS) is 10.9. The van der Waals surface area contributed by atoms with Crippen LogP contribution in [-0.2, 0) is 0 Å². The highest BCUT2D eigenvalue weighted by molar-refractivity contribution is 6.30. The van der Waals surface area contributed by atoms with Gasteiger partial charge in [-0.05, 0) is 31.2 Å². The molecule has 2 heterocycles. The maximum absolute atomic E-state index is 5.89. The molecule has 0 unspecified atom stereocenters. The molecule has 0 aliphatic rings. The predicted octanol–water partition coefficient (Wildman–Crippen LogP) is 4.19. The first-order valence-electron chi connectivity index (χ1n) is 5.44.